The molecule has 0 aliphatic heterocycles. The highest BCUT2D eigenvalue weighted by atomic mass is 127. The molecule has 0 aromatic heterocycles. The third-order valence-electron chi connectivity index (χ3n) is 6.59. The van der Waals surface area contributed by atoms with Crippen LogP contribution >= 0.6 is 67.8 Å². The van der Waals surface area contributed by atoms with Crippen molar-refractivity contribution in [1.29, 1.82) is 0 Å². The van der Waals surface area contributed by atoms with Gasteiger partial charge in [0.1, 0.15) is 19.8 Å². The third kappa shape index (κ3) is 11.4. The van der Waals surface area contributed by atoms with Gasteiger partial charge in [-0.05, 0) is 67.8 Å². The lowest BCUT2D eigenvalue weighted by molar-refractivity contribution is 0.0353. The zero-order valence-corrected chi connectivity index (χ0v) is 32.5. The van der Waals surface area contributed by atoms with Gasteiger partial charge < -0.3 is 28.4 Å². The molecule has 0 fully saturated rings. The molecule has 0 saturated carbocycles. The van der Waals surface area contributed by atoms with Crippen molar-refractivity contribution >= 4 is 67.8 Å². The zero-order valence-electron chi connectivity index (χ0n) is 26.1. The Morgan fingerprint density at radius 1 is 0.308 bits per heavy atom. The molecule has 0 aliphatic rings. The van der Waals surface area contributed by atoms with Crippen LogP contribution in [-0.4, -0.2) is 84.0 Å². The van der Waals surface area contributed by atoms with E-state index in [0.717, 1.165) is 67.8 Å². The molecule has 3 rings (SSSR count). The summed E-state index contributed by atoms with van der Waals surface area (Å²) in [6.07, 6.45) is 0. The number of hydrogen-bond acceptors (Lipinski definition) is 7. The van der Waals surface area contributed by atoms with Crippen LogP contribution in [-0.2, 0) is 14.2 Å². The summed E-state index contributed by atoms with van der Waals surface area (Å²) in [7, 11) is 0. The highest BCUT2D eigenvalue weighted by Crippen LogP contribution is 2.33. The van der Waals surface area contributed by atoms with Gasteiger partial charge in [-0.25, -0.2) is 26.3 Å². The summed E-state index contributed by atoms with van der Waals surface area (Å²) in [5.74, 6) is -23.8. The van der Waals surface area contributed by atoms with E-state index in [1.165, 1.54) is 0 Å². The number of ether oxygens (including phenoxy) is 6. The van der Waals surface area contributed by atoms with E-state index in [-0.39, 0.29) is 59.3 Å². The highest BCUT2D eigenvalue weighted by molar-refractivity contribution is 14.1. The molecule has 22 heteroatoms. The molecule has 0 unspecified atom stereocenters. The second kappa shape index (κ2) is 21.4. The van der Waals surface area contributed by atoms with Gasteiger partial charge in [0.25, 0.3) is 0 Å². The fraction of sp³-hybridized carbons (Fsp3) is 0.400. The number of benzene rings is 3. The van der Waals surface area contributed by atoms with Crippen molar-refractivity contribution in [1.82, 2.24) is 4.90 Å². The molecule has 0 N–H and O–H groups in total. The van der Waals surface area contributed by atoms with E-state index in [2.05, 4.69) is 0 Å². The summed E-state index contributed by atoms with van der Waals surface area (Å²) in [5, 5.41) is 0. The Morgan fingerprint density at radius 3 is 0.731 bits per heavy atom. The summed E-state index contributed by atoms with van der Waals surface area (Å²) in [6.45, 7) is -2.00. The molecular formula is C30H24F12I3NO6. The van der Waals surface area contributed by atoms with Gasteiger partial charge in [-0.15, -0.1) is 0 Å². The Bertz CT molecular complexity index is 1430. The minimum absolute atomic E-state index is 0.0407. The second-order valence-corrected chi connectivity index (χ2v) is 13.2. The maximum Gasteiger partial charge on any atom is 0.205 e. The average Bonchev–Trinajstić information content (AvgIpc) is 3.13. The molecule has 3 aromatic rings. The van der Waals surface area contributed by atoms with E-state index in [4.69, 9.17) is 28.4 Å². The minimum Gasteiger partial charge on any atom is -0.485 e. The standard InChI is InChI=1S/C30H24F12I3NO6/c31-13-19(37)28(20(38)14(32)25(13)43)50-10-7-47-4-1-46(2-5-48-8-11-51-29-21(39)15(33)26(44)16(34)22(29)40)3-6-49-9-12-52-30-23(41)17(35)27(45)18(36)24(30)42/h1-12H2. The molecule has 3 aromatic carbocycles. The molecule has 0 amide bonds. The summed E-state index contributed by atoms with van der Waals surface area (Å²) in [4.78, 5) is 1.68. The Labute approximate surface area is 328 Å². The van der Waals surface area contributed by atoms with Crippen molar-refractivity contribution in [3.05, 3.63) is 80.5 Å². The Kier molecular flexibility index (Phi) is 18.3. The molecule has 52 heavy (non-hydrogen) atoms. The van der Waals surface area contributed by atoms with E-state index < -0.39 is 118 Å². The predicted octanol–water partition coefficient (Wildman–Crippen LogP) is 8.06. The van der Waals surface area contributed by atoms with Gasteiger partial charge in [0.15, 0.2) is 52.2 Å². The van der Waals surface area contributed by atoms with E-state index >= 15 is 0 Å². The normalized spacial score (nSPS) is 11.5. The molecule has 0 spiro atoms. The van der Waals surface area contributed by atoms with Crippen molar-refractivity contribution in [2.75, 3.05) is 79.1 Å². The smallest absolute Gasteiger partial charge is 0.205 e. The van der Waals surface area contributed by atoms with Crippen LogP contribution in [0.25, 0.3) is 0 Å². The lowest BCUT2D eigenvalue weighted by Gasteiger charge is -2.22. The van der Waals surface area contributed by atoms with Crippen molar-refractivity contribution in [2.45, 2.75) is 0 Å². The van der Waals surface area contributed by atoms with Crippen LogP contribution in [0, 0.1) is 80.5 Å². The maximum atomic E-state index is 14.0. The topological polar surface area (TPSA) is 58.6 Å². The largest absolute Gasteiger partial charge is 0.485 e. The van der Waals surface area contributed by atoms with Crippen LogP contribution < -0.4 is 14.2 Å². The van der Waals surface area contributed by atoms with E-state index in [9.17, 15) is 52.7 Å². The van der Waals surface area contributed by atoms with Gasteiger partial charge in [-0.1, -0.05) is 0 Å². The second-order valence-electron chi connectivity index (χ2n) is 9.92. The van der Waals surface area contributed by atoms with Crippen LogP contribution in [0.1, 0.15) is 0 Å². The van der Waals surface area contributed by atoms with Gasteiger partial charge in [0.2, 0.25) is 34.9 Å². The fourth-order valence-corrected chi connectivity index (χ4v) is 5.39. The first kappa shape index (κ1) is 44.6. The highest BCUT2D eigenvalue weighted by Gasteiger charge is 2.27. The first-order valence-electron chi connectivity index (χ1n) is 14.5. The molecule has 0 radical (unpaired) electrons. The van der Waals surface area contributed by atoms with Crippen molar-refractivity contribution in [3.63, 3.8) is 0 Å². The first-order valence-corrected chi connectivity index (χ1v) is 17.7. The van der Waals surface area contributed by atoms with Crippen LogP contribution in [0.4, 0.5) is 52.7 Å². The van der Waals surface area contributed by atoms with Gasteiger partial charge in [-0.3, -0.25) is 4.90 Å². The van der Waals surface area contributed by atoms with Gasteiger partial charge in [-0.2, -0.15) is 26.3 Å². The molecule has 0 heterocycles. The maximum absolute atomic E-state index is 14.0. The molecule has 290 valence electrons. The first-order chi connectivity index (χ1) is 24.6. The lowest BCUT2D eigenvalue weighted by atomic mass is 10.3. The van der Waals surface area contributed by atoms with Crippen LogP contribution in [0.5, 0.6) is 17.2 Å². The SMILES string of the molecule is Fc1c(F)c(OCCOCCN(CCOCCOc2c(F)c(F)c(I)c(F)c2F)CCOCCOc2c(F)c(F)c(I)c(F)c2F)c(F)c(F)c1I. The van der Waals surface area contributed by atoms with Crippen molar-refractivity contribution in [3.8, 4) is 17.2 Å². The van der Waals surface area contributed by atoms with Gasteiger partial charge in [0, 0.05) is 19.6 Å². The predicted molar refractivity (Wildman–Crippen MR) is 182 cm³/mol. The number of hydrogen-bond donors (Lipinski definition) is 0. The average molecular weight is 1100 g/mol. The molecule has 0 atom stereocenters. The minimum atomic E-state index is -1.72. The van der Waals surface area contributed by atoms with Gasteiger partial charge in [0.05, 0.1) is 50.4 Å². The number of nitrogens with zero attached hydrogens (tertiary/aromatic N) is 1. The van der Waals surface area contributed by atoms with Crippen molar-refractivity contribution < 1.29 is 81.1 Å². The van der Waals surface area contributed by atoms with Crippen LogP contribution in [0.3, 0.4) is 0 Å². The van der Waals surface area contributed by atoms with E-state index in [1.54, 1.807) is 4.90 Å². The Hall–Kier alpha value is -1.75. The van der Waals surface area contributed by atoms with Crippen LogP contribution in [0.2, 0.25) is 0 Å². The van der Waals surface area contributed by atoms with Crippen LogP contribution in [0.15, 0.2) is 0 Å². The third-order valence-corrected chi connectivity index (χ3v) is 9.43. The molecule has 7 nitrogen and oxygen atoms in total. The van der Waals surface area contributed by atoms with E-state index in [0.29, 0.717) is 0 Å². The summed E-state index contributed by atoms with van der Waals surface area (Å²) in [5.41, 5.74) is 0. The summed E-state index contributed by atoms with van der Waals surface area (Å²) < 4.78 is 194. The molecule has 0 aliphatic carbocycles. The molecular weight excluding hydrogens is 1080 g/mol. The number of rotatable bonds is 21. The van der Waals surface area contributed by atoms with E-state index in [1.807, 2.05) is 0 Å². The van der Waals surface area contributed by atoms with Crippen molar-refractivity contribution in [2.24, 2.45) is 0 Å². The zero-order chi connectivity index (χ0) is 38.7. The monoisotopic (exact) mass is 1100 g/mol. The Balaban J connectivity index is 1.47. The summed E-state index contributed by atoms with van der Waals surface area (Å²) >= 11 is 3.29. The number of halogens is 15. The quantitative estimate of drug-likeness (QED) is 0.0352. The fourth-order valence-electron chi connectivity index (χ4n) is 3.96. The molecule has 0 bridgehead atoms. The molecule has 0 saturated heterocycles. The lowest BCUT2D eigenvalue weighted by Crippen LogP contribution is -2.34. The summed E-state index contributed by atoms with van der Waals surface area (Å²) in [6, 6.07) is 0. The van der Waals surface area contributed by atoms with Gasteiger partial charge >= 0.3 is 0 Å². The Morgan fingerprint density at radius 2 is 0.519 bits per heavy atom.